The molecule has 82 valence electrons. The van der Waals surface area contributed by atoms with Crippen molar-refractivity contribution in [2.75, 3.05) is 11.9 Å². The predicted molar refractivity (Wildman–Crippen MR) is 60.8 cm³/mol. The fourth-order valence-corrected chi connectivity index (χ4v) is 1.87. The Labute approximate surface area is 94.2 Å². The average molecular weight is 227 g/mol. The van der Waals surface area contributed by atoms with E-state index in [1.807, 2.05) is 0 Å². The van der Waals surface area contributed by atoms with Crippen molar-refractivity contribution in [3.05, 3.63) is 17.5 Å². The van der Waals surface area contributed by atoms with Gasteiger partial charge in [-0.25, -0.2) is 9.97 Å². The quantitative estimate of drug-likeness (QED) is 0.820. The van der Waals surface area contributed by atoms with Crippen LogP contribution < -0.4 is 11.1 Å². The van der Waals surface area contributed by atoms with Crippen molar-refractivity contribution in [1.29, 1.82) is 0 Å². The highest BCUT2D eigenvalue weighted by molar-refractivity contribution is 6.32. The zero-order valence-electron chi connectivity index (χ0n) is 8.70. The summed E-state index contributed by atoms with van der Waals surface area (Å²) in [5, 5.41) is 3.87. The van der Waals surface area contributed by atoms with Crippen molar-refractivity contribution < 1.29 is 0 Å². The standard InChI is InChI=1S/C10H15ClN4/c1-10(5-12,7-2-3-7)15-9-8(11)4-13-6-14-9/h4,6-7H,2-3,5,12H2,1H3,(H,13,14,15). The van der Waals surface area contributed by atoms with Crippen LogP contribution in [0.25, 0.3) is 0 Å². The van der Waals surface area contributed by atoms with Gasteiger partial charge in [0.15, 0.2) is 0 Å². The van der Waals surface area contributed by atoms with E-state index in [1.165, 1.54) is 19.2 Å². The number of nitrogens with zero attached hydrogens (tertiary/aromatic N) is 2. The Morgan fingerprint density at radius 2 is 2.40 bits per heavy atom. The Bertz CT molecular complexity index is 353. The lowest BCUT2D eigenvalue weighted by molar-refractivity contribution is 0.458. The Hall–Kier alpha value is -0.870. The predicted octanol–water partition coefficient (Wildman–Crippen LogP) is 1.67. The lowest BCUT2D eigenvalue weighted by Gasteiger charge is -2.30. The van der Waals surface area contributed by atoms with Gasteiger partial charge in [-0.2, -0.15) is 0 Å². The highest BCUT2D eigenvalue weighted by Crippen LogP contribution is 2.41. The van der Waals surface area contributed by atoms with E-state index in [1.54, 1.807) is 6.20 Å². The van der Waals surface area contributed by atoms with Gasteiger partial charge in [0.1, 0.15) is 17.2 Å². The summed E-state index contributed by atoms with van der Waals surface area (Å²) >= 11 is 5.98. The number of hydrogen-bond acceptors (Lipinski definition) is 4. The van der Waals surface area contributed by atoms with E-state index in [4.69, 9.17) is 17.3 Å². The zero-order valence-corrected chi connectivity index (χ0v) is 9.46. The van der Waals surface area contributed by atoms with Gasteiger partial charge in [0.25, 0.3) is 0 Å². The Balaban J connectivity index is 2.16. The summed E-state index contributed by atoms with van der Waals surface area (Å²) in [6.07, 6.45) is 5.52. The van der Waals surface area contributed by atoms with Crippen LogP contribution in [0.2, 0.25) is 5.02 Å². The van der Waals surface area contributed by atoms with E-state index in [-0.39, 0.29) is 5.54 Å². The summed E-state index contributed by atoms with van der Waals surface area (Å²) in [5.41, 5.74) is 5.70. The molecule has 1 saturated carbocycles. The van der Waals surface area contributed by atoms with Crippen molar-refractivity contribution in [2.45, 2.75) is 25.3 Å². The molecule has 1 unspecified atom stereocenters. The summed E-state index contributed by atoms with van der Waals surface area (Å²) in [7, 11) is 0. The number of nitrogens with one attached hydrogen (secondary N) is 1. The summed E-state index contributed by atoms with van der Waals surface area (Å²) in [4.78, 5) is 7.96. The summed E-state index contributed by atoms with van der Waals surface area (Å²) in [6.45, 7) is 2.70. The molecule has 1 aliphatic rings. The van der Waals surface area contributed by atoms with Gasteiger partial charge in [-0.3, -0.25) is 0 Å². The van der Waals surface area contributed by atoms with Crippen LogP contribution in [0.4, 0.5) is 5.82 Å². The first kappa shape index (κ1) is 10.6. The number of nitrogens with two attached hydrogens (primary N) is 1. The highest BCUT2D eigenvalue weighted by atomic mass is 35.5. The van der Waals surface area contributed by atoms with Crippen molar-refractivity contribution >= 4 is 17.4 Å². The Morgan fingerprint density at radius 3 is 2.93 bits per heavy atom. The number of anilines is 1. The second-order valence-electron chi connectivity index (χ2n) is 4.24. The van der Waals surface area contributed by atoms with Gasteiger partial charge in [-0.1, -0.05) is 11.6 Å². The number of halogens is 1. The molecule has 4 nitrogen and oxygen atoms in total. The molecule has 15 heavy (non-hydrogen) atoms. The van der Waals surface area contributed by atoms with Crippen LogP contribution in [-0.4, -0.2) is 22.1 Å². The molecule has 5 heteroatoms. The maximum atomic E-state index is 5.98. The van der Waals surface area contributed by atoms with Crippen molar-refractivity contribution in [1.82, 2.24) is 9.97 Å². The molecule has 3 N–H and O–H groups in total. The molecule has 0 saturated heterocycles. The van der Waals surface area contributed by atoms with Gasteiger partial charge >= 0.3 is 0 Å². The van der Waals surface area contributed by atoms with Crippen LogP contribution in [-0.2, 0) is 0 Å². The minimum Gasteiger partial charge on any atom is -0.362 e. The molecule has 0 aliphatic heterocycles. The minimum absolute atomic E-state index is 0.0992. The molecular weight excluding hydrogens is 212 g/mol. The van der Waals surface area contributed by atoms with E-state index in [0.717, 1.165) is 0 Å². The Morgan fingerprint density at radius 1 is 1.67 bits per heavy atom. The van der Waals surface area contributed by atoms with Crippen LogP contribution in [0, 0.1) is 5.92 Å². The van der Waals surface area contributed by atoms with Crippen molar-refractivity contribution in [3.63, 3.8) is 0 Å². The number of rotatable bonds is 4. The zero-order chi connectivity index (χ0) is 10.9. The van der Waals surface area contributed by atoms with Gasteiger partial charge < -0.3 is 11.1 Å². The third kappa shape index (κ3) is 2.21. The molecule has 2 rings (SSSR count). The van der Waals surface area contributed by atoms with Gasteiger partial charge in [0.2, 0.25) is 0 Å². The highest BCUT2D eigenvalue weighted by Gasteiger charge is 2.40. The lowest BCUT2D eigenvalue weighted by Crippen LogP contribution is -2.45. The number of aromatic nitrogens is 2. The third-order valence-electron chi connectivity index (χ3n) is 2.97. The second kappa shape index (κ2) is 3.94. The molecule has 1 atom stereocenters. The van der Waals surface area contributed by atoms with Crippen LogP contribution >= 0.6 is 11.6 Å². The molecule has 0 bridgehead atoms. The molecule has 1 fully saturated rings. The van der Waals surface area contributed by atoms with E-state index in [9.17, 15) is 0 Å². The van der Waals surface area contributed by atoms with Gasteiger partial charge in [-0.15, -0.1) is 0 Å². The molecule has 1 aromatic rings. The molecule has 0 radical (unpaired) electrons. The number of hydrogen-bond donors (Lipinski definition) is 2. The van der Waals surface area contributed by atoms with Gasteiger partial charge in [-0.05, 0) is 25.7 Å². The van der Waals surface area contributed by atoms with Crippen molar-refractivity contribution in [3.8, 4) is 0 Å². The summed E-state index contributed by atoms with van der Waals surface area (Å²) in [5.74, 6) is 1.31. The molecule has 1 aliphatic carbocycles. The normalized spacial score (nSPS) is 19.7. The van der Waals surface area contributed by atoms with Gasteiger partial charge in [0.05, 0.1) is 11.7 Å². The minimum atomic E-state index is -0.0992. The first-order chi connectivity index (χ1) is 7.15. The molecule has 0 aromatic carbocycles. The van der Waals surface area contributed by atoms with E-state index < -0.39 is 0 Å². The Kier molecular flexibility index (Phi) is 2.80. The van der Waals surface area contributed by atoms with Crippen LogP contribution in [0.15, 0.2) is 12.5 Å². The second-order valence-corrected chi connectivity index (χ2v) is 4.65. The largest absolute Gasteiger partial charge is 0.362 e. The topological polar surface area (TPSA) is 63.8 Å². The van der Waals surface area contributed by atoms with E-state index in [2.05, 4.69) is 22.2 Å². The monoisotopic (exact) mass is 226 g/mol. The first-order valence-electron chi connectivity index (χ1n) is 5.09. The smallest absolute Gasteiger partial charge is 0.148 e. The SMILES string of the molecule is CC(CN)(Nc1ncncc1Cl)C1CC1. The summed E-state index contributed by atoms with van der Waals surface area (Å²) in [6, 6.07) is 0. The maximum absolute atomic E-state index is 5.98. The van der Waals surface area contributed by atoms with Gasteiger partial charge in [0, 0.05) is 6.54 Å². The average Bonchev–Trinajstić information content (AvgIpc) is 3.05. The lowest BCUT2D eigenvalue weighted by atomic mass is 9.96. The molecule has 1 aromatic heterocycles. The first-order valence-corrected chi connectivity index (χ1v) is 5.47. The van der Waals surface area contributed by atoms with Crippen LogP contribution in [0.3, 0.4) is 0 Å². The molecule has 0 spiro atoms. The van der Waals surface area contributed by atoms with E-state index >= 15 is 0 Å². The fourth-order valence-electron chi connectivity index (χ4n) is 1.72. The summed E-state index contributed by atoms with van der Waals surface area (Å²) < 4.78 is 0. The van der Waals surface area contributed by atoms with E-state index in [0.29, 0.717) is 23.3 Å². The third-order valence-corrected chi connectivity index (χ3v) is 3.25. The van der Waals surface area contributed by atoms with Crippen LogP contribution in [0.1, 0.15) is 19.8 Å². The van der Waals surface area contributed by atoms with Crippen LogP contribution in [0.5, 0.6) is 0 Å². The fraction of sp³-hybridized carbons (Fsp3) is 0.600. The molecular formula is C10H15ClN4. The van der Waals surface area contributed by atoms with Crippen molar-refractivity contribution in [2.24, 2.45) is 11.7 Å². The molecule has 1 heterocycles. The maximum Gasteiger partial charge on any atom is 0.148 e. The molecule has 0 amide bonds.